The van der Waals surface area contributed by atoms with E-state index in [1.165, 1.54) is 19.2 Å². The molecule has 24 heavy (non-hydrogen) atoms. The van der Waals surface area contributed by atoms with Crippen molar-refractivity contribution in [1.29, 1.82) is 0 Å². The first-order valence-electron chi connectivity index (χ1n) is 8.43. The minimum absolute atomic E-state index is 0.102. The van der Waals surface area contributed by atoms with E-state index in [2.05, 4.69) is 15.2 Å². The van der Waals surface area contributed by atoms with E-state index in [9.17, 15) is 8.42 Å². The fourth-order valence-corrected chi connectivity index (χ4v) is 4.96. The van der Waals surface area contributed by atoms with Crippen molar-refractivity contribution in [1.82, 2.24) is 28.6 Å². The molecule has 3 heterocycles. The summed E-state index contributed by atoms with van der Waals surface area (Å²) in [5.74, 6) is 1.45. The van der Waals surface area contributed by atoms with E-state index in [0.717, 1.165) is 31.6 Å². The van der Waals surface area contributed by atoms with Crippen LogP contribution in [0.1, 0.15) is 44.0 Å². The van der Waals surface area contributed by atoms with Crippen LogP contribution >= 0.6 is 0 Å². The predicted molar refractivity (Wildman–Crippen MR) is 86.4 cm³/mol. The number of nitrogens with zero attached hydrogens (tertiary/aromatic N) is 6. The Balaban J connectivity index is 1.67. The van der Waals surface area contributed by atoms with Crippen LogP contribution in [0.4, 0.5) is 0 Å². The zero-order valence-corrected chi connectivity index (χ0v) is 14.6. The third-order valence-electron chi connectivity index (χ3n) is 4.80. The van der Waals surface area contributed by atoms with Gasteiger partial charge in [-0.25, -0.2) is 13.4 Å². The molecule has 1 aliphatic carbocycles. The van der Waals surface area contributed by atoms with Gasteiger partial charge in [-0.2, -0.15) is 4.31 Å². The highest BCUT2D eigenvalue weighted by atomic mass is 32.2. The van der Waals surface area contributed by atoms with Gasteiger partial charge in [0, 0.05) is 26.3 Å². The zero-order valence-electron chi connectivity index (χ0n) is 13.7. The molecule has 2 fully saturated rings. The van der Waals surface area contributed by atoms with Gasteiger partial charge in [-0.3, -0.25) is 0 Å². The molecule has 130 valence electrons. The molecule has 0 radical (unpaired) electrons. The maximum absolute atomic E-state index is 13.0. The molecule has 0 N–H and O–H groups in total. The fraction of sp³-hybridized carbons (Fsp3) is 0.667. The van der Waals surface area contributed by atoms with Crippen LogP contribution in [0, 0.1) is 5.92 Å². The van der Waals surface area contributed by atoms with Crippen molar-refractivity contribution in [2.75, 3.05) is 6.54 Å². The van der Waals surface area contributed by atoms with E-state index in [4.69, 9.17) is 0 Å². The second-order valence-electron chi connectivity index (χ2n) is 6.79. The Morgan fingerprint density at radius 2 is 2.04 bits per heavy atom. The van der Waals surface area contributed by atoms with E-state index in [1.807, 2.05) is 4.57 Å². The normalized spacial score (nSPS) is 22.8. The number of piperidine rings is 1. The minimum Gasteiger partial charge on any atom is -0.339 e. The molecule has 9 heteroatoms. The van der Waals surface area contributed by atoms with Crippen LogP contribution in [0.2, 0.25) is 0 Å². The number of sulfonamides is 1. The van der Waals surface area contributed by atoms with E-state index in [0.29, 0.717) is 12.5 Å². The summed E-state index contributed by atoms with van der Waals surface area (Å²) < 4.78 is 31.3. The van der Waals surface area contributed by atoms with Crippen LogP contribution in [0.3, 0.4) is 0 Å². The molecule has 0 aromatic carbocycles. The second kappa shape index (κ2) is 5.96. The summed E-state index contributed by atoms with van der Waals surface area (Å²) >= 11 is 0. The van der Waals surface area contributed by atoms with Gasteiger partial charge in [0.15, 0.2) is 10.9 Å². The lowest BCUT2D eigenvalue weighted by Crippen LogP contribution is -2.39. The number of aryl methyl sites for hydroxylation is 1. The van der Waals surface area contributed by atoms with Crippen molar-refractivity contribution in [2.45, 2.75) is 49.7 Å². The number of aromatic nitrogens is 5. The molecule has 4 rings (SSSR count). The van der Waals surface area contributed by atoms with Gasteiger partial charge in [0.1, 0.15) is 6.33 Å². The summed E-state index contributed by atoms with van der Waals surface area (Å²) in [5, 5.41) is 8.41. The molecule has 8 nitrogen and oxygen atoms in total. The first-order valence-corrected chi connectivity index (χ1v) is 9.87. The van der Waals surface area contributed by atoms with Crippen LogP contribution in [-0.4, -0.2) is 43.6 Å². The molecular formula is C15H22N6O2S. The number of rotatable bonds is 5. The van der Waals surface area contributed by atoms with Gasteiger partial charge >= 0.3 is 0 Å². The van der Waals surface area contributed by atoms with Crippen LogP contribution < -0.4 is 0 Å². The molecule has 0 unspecified atom stereocenters. The standard InChI is InChI=1S/C15H22N6O2S/c1-19-9-14(16-10-19)24(22,23)21-7-3-2-4-13(21)15-18-17-11-20(15)8-12-5-6-12/h9-13H,2-8H2,1H3/t13-/m0/s1. The summed E-state index contributed by atoms with van der Waals surface area (Å²) in [6, 6.07) is -0.257. The van der Waals surface area contributed by atoms with Crippen molar-refractivity contribution in [2.24, 2.45) is 13.0 Å². The summed E-state index contributed by atoms with van der Waals surface area (Å²) in [7, 11) is -1.86. The minimum atomic E-state index is -3.63. The largest absolute Gasteiger partial charge is 0.339 e. The SMILES string of the molecule is Cn1cnc(S(=O)(=O)N2CCCC[C@H]2c2nncn2CC2CC2)c1. The molecule has 2 aliphatic rings. The van der Waals surface area contributed by atoms with Gasteiger partial charge < -0.3 is 9.13 Å². The average molecular weight is 350 g/mol. The third kappa shape index (κ3) is 2.86. The Morgan fingerprint density at radius 3 is 2.75 bits per heavy atom. The van der Waals surface area contributed by atoms with E-state index < -0.39 is 10.0 Å². The summed E-state index contributed by atoms with van der Waals surface area (Å²) in [6.07, 6.45) is 9.89. The quantitative estimate of drug-likeness (QED) is 0.812. The topological polar surface area (TPSA) is 85.9 Å². The monoisotopic (exact) mass is 350 g/mol. The molecule has 1 aliphatic heterocycles. The molecule has 1 saturated carbocycles. The average Bonchev–Trinajstić information content (AvgIpc) is 3.07. The third-order valence-corrected chi connectivity index (χ3v) is 6.60. The lowest BCUT2D eigenvalue weighted by Gasteiger charge is -2.33. The number of imidazole rings is 1. The highest BCUT2D eigenvalue weighted by molar-refractivity contribution is 7.89. The molecule has 1 saturated heterocycles. The van der Waals surface area contributed by atoms with Gasteiger partial charge in [0.05, 0.1) is 12.4 Å². The Bertz CT molecular complexity index is 823. The summed E-state index contributed by atoms with van der Waals surface area (Å²) in [5.41, 5.74) is 0. The van der Waals surface area contributed by atoms with Crippen molar-refractivity contribution < 1.29 is 8.42 Å². The van der Waals surface area contributed by atoms with Crippen LogP contribution in [0.5, 0.6) is 0 Å². The molecule has 1 atom stereocenters. The van der Waals surface area contributed by atoms with Gasteiger partial charge in [0.2, 0.25) is 0 Å². The van der Waals surface area contributed by atoms with Gasteiger partial charge in [-0.15, -0.1) is 10.2 Å². The number of hydrogen-bond acceptors (Lipinski definition) is 5. The lowest BCUT2D eigenvalue weighted by molar-refractivity contribution is 0.239. The molecule has 2 aromatic heterocycles. The molecule has 0 bridgehead atoms. The first-order chi connectivity index (χ1) is 11.6. The van der Waals surface area contributed by atoms with Crippen LogP contribution in [-0.2, 0) is 23.6 Å². The zero-order chi connectivity index (χ0) is 16.7. The highest BCUT2D eigenvalue weighted by Gasteiger charge is 2.38. The molecule has 2 aromatic rings. The smallest absolute Gasteiger partial charge is 0.262 e. The molecule has 0 spiro atoms. The van der Waals surface area contributed by atoms with E-state index in [1.54, 1.807) is 28.4 Å². The van der Waals surface area contributed by atoms with E-state index >= 15 is 0 Å². The molecular weight excluding hydrogens is 328 g/mol. The Labute approximate surface area is 141 Å². The van der Waals surface area contributed by atoms with Crippen molar-refractivity contribution >= 4 is 10.0 Å². The van der Waals surface area contributed by atoms with E-state index in [-0.39, 0.29) is 11.1 Å². The second-order valence-corrected chi connectivity index (χ2v) is 8.63. The first kappa shape index (κ1) is 15.8. The van der Waals surface area contributed by atoms with Gasteiger partial charge in [-0.05, 0) is 31.6 Å². The van der Waals surface area contributed by atoms with Crippen molar-refractivity contribution in [3.05, 3.63) is 24.7 Å². The Kier molecular flexibility index (Phi) is 3.92. The van der Waals surface area contributed by atoms with Gasteiger partial charge in [-0.1, -0.05) is 6.42 Å². The maximum Gasteiger partial charge on any atom is 0.262 e. The number of hydrogen-bond donors (Lipinski definition) is 0. The summed E-state index contributed by atoms with van der Waals surface area (Å²) in [4.78, 5) is 4.05. The van der Waals surface area contributed by atoms with Crippen molar-refractivity contribution in [3.63, 3.8) is 0 Å². The predicted octanol–water partition coefficient (Wildman–Crippen LogP) is 1.34. The van der Waals surface area contributed by atoms with Gasteiger partial charge in [0.25, 0.3) is 10.0 Å². The Hall–Kier alpha value is -1.74. The van der Waals surface area contributed by atoms with Crippen LogP contribution in [0.15, 0.2) is 23.9 Å². The lowest BCUT2D eigenvalue weighted by atomic mass is 10.0. The maximum atomic E-state index is 13.0. The highest BCUT2D eigenvalue weighted by Crippen LogP contribution is 2.36. The van der Waals surface area contributed by atoms with Crippen molar-refractivity contribution in [3.8, 4) is 0 Å². The molecule has 0 amide bonds. The fourth-order valence-electron chi connectivity index (χ4n) is 3.33. The summed E-state index contributed by atoms with van der Waals surface area (Å²) in [6.45, 7) is 1.39. The Morgan fingerprint density at radius 1 is 1.21 bits per heavy atom. The van der Waals surface area contributed by atoms with Crippen LogP contribution in [0.25, 0.3) is 0 Å².